The van der Waals surface area contributed by atoms with Gasteiger partial charge in [0.2, 0.25) is 11.8 Å². The molecule has 1 saturated heterocycles. The maximum Gasteiger partial charge on any atom is 0.249 e. The van der Waals surface area contributed by atoms with E-state index in [2.05, 4.69) is 11.2 Å². The van der Waals surface area contributed by atoms with Crippen molar-refractivity contribution in [2.45, 2.75) is 57.0 Å². The molecular formula is C16H24N2O2S. The average Bonchev–Trinajstić information content (AvgIpc) is 2.49. The van der Waals surface area contributed by atoms with Crippen molar-refractivity contribution in [3.63, 3.8) is 0 Å². The molecule has 1 atom stereocenters. The third-order valence-corrected chi connectivity index (χ3v) is 5.31. The van der Waals surface area contributed by atoms with Gasteiger partial charge in [0.1, 0.15) is 11.6 Å². The minimum absolute atomic E-state index is 0.0148. The van der Waals surface area contributed by atoms with Gasteiger partial charge >= 0.3 is 0 Å². The first-order chi connectivity index (χ1) is 10.1. The second kappa shape index (κ2) is 7.22. The van der Waals surface area contributed by atoms with E-state index in [9.17, 15) is 9.59 Å². The molecular weight excluding hydrogens is 284 g/mol. The second-order valence-electron chi connectivity index (χ2n) is 5.81. The second-order valence-corrected chi connectivity index (χ2v) is 6.92. The van der Waals surface area contributed by atoms with E-state index in [1.54, 1.807) is 16.7 Å². The largest absolute Gasteiger partial charge is 0.340 e. The molecule has 21 heavy (non-hydrogen) atoms. The molecule has 2 fully saturated rings. The van der Waals surface area contributed by atoms with E-state index in [0.717, 1.165) is 37.9 Å². The van der Waals surface area contributed by atoms with Gasteiger partial charge in [-0.15, -0.1) is 18.2 Å². The van der Waals surface area contributed by atoms with E-state index in [1.807, 2.05) is 6.92 Å². The molecule has 0 bridgehead atoms. The Morgan fingerprint density at radius 2 is 2.10 bits per heavy atom. The van der Waals surface area contributed by atoms with Gasteiger partial charge in [0, 0.05) is 12.3 Å². The molecule has 1 heterocycles. The Bertz CT molecular complexity index is 438. The summed E-state index contributed by atoms with van der Waals surface area (Å²) in [5, 5.41) is 3.04. The Balaban J connectivity index is 2.11. The van der Waals surface area contributed by atoms with Gasteiger partial charge in [-0.1, -0.05) is 32.1 Å². The van der Waals surface area contributed by atoms with E-state index in [0.29, 0.717) is 18.7 Å². The molecule has 4 nitrogen and oxygen atoms in total. The number of hydrogen-bond donors (Lipinski definition) is 1. The number of carbonyl (C=O) groups is 2. The first-order valence-corrected chi connectivity index (χ1v) is 8.94. The van der Waals surface area contributed by atoms with E-state index in [-0.39, 0.29) is 17.9 Å². The third-order valence-electron chi connectivity index (χ3n) is 4.47. The lowest BCUT2D eigenvalue weighted by Crippen LogP contribution is -2.70. The van der Waals surface area contributed by atoms with Gasteiger partial charge in [-0.05, 0) is 19.3 Å². The number of nitrogens with one attached hydrogen (secondary N) is 1. The Morgan fingerprint density at radius 3 is 2.71 bits per heavy atom. The molecule has 2 aliphatic rings. The quantitative estimate of drug-likeness (QED) is 0.622. The summed E-state index contributed by atoms with van der Waals surface area (Å²) in [5.41, 5.74) is -0.627. The summed E-state index contributed by atoms with van der Waals surface area (Å²) in [6, 6.07) is -0.323. The number of terminal acetylenes is 1. The summed E-state index contributed by atoms with van der Waals surface area (Å²) >= 11 is 1.64. The van der Waals surface area contributed by atoms with Crippen LogP contribution in [0.4, 0.5) is 0 Å². The van der Waals surface area contributed by atoms with Crippen LogP contribution in [0, 0.1) is 12.3 Å². The Hall–Kier alpha value is -1.15. The maximum atomic E-state index is 12.9. The Morgan fingerprint density at radius 1 is 1.38 bits per heavy atom. The average molecular weight is 308 g/mol. The molecule has 2 rings (SSSR count). The molecule has 5 heteroatoms. The lowest BCUT2D eigenvalue weighted by atomic mass is 9.78. The van der Waals surface area contributed by atoms with Gasteiger partial charge in [0.05, 0.1) is 5.75 Å². The zero-order valence-corrected chi connectivity index (χ0v) is 13.5. The van der Waals surface area contributed by atoms with Crippen molar-refractivity contribution in [3.05, 3.63) is 0 Å². The molecule has 1 spiro atoms. The number of hydrogen-bond acceptors (Lipinski definition) is 3. The van der Waals surface area contributed by atoms with Crippen LogP contribution in [0.3, 0.4) is 0 Å². The van der Waals surface area contributed by atoms with Crippen molar-refractivity contribution < 1.29 is 9.59 Å². The van der Waals surface area contributed by atoms with Gasteiger partial charge in [0.15, 0.2) is 0 Å². The molecule has 1 unspecified atom stereocenters. The van der Waals surface area contributed by atoms with Crippen molar-refractivity contribution in [2.24, 2.45) is 0 Å². The van der Waals surface area contributed by atoms with Gasteiger partial charge in [-0.3, -0.25) is 9.59 Å². The van der Waals surface area contributed by atoms with Gasteiger partial charge < -0.3 is 10.2 Å². The fraction of sp³-hybridized carbons (Fsp3) is 0.750. The summed E-state index contributed by atoms with van der Waals surface area (Å²) in [4.78, 5) is 27.1. The van der Waals surface area contributed by atoms with E-state index in [1.165, 1.54) is 0 Å². The SMILES string of the molecule is C#CCSCCN1C(=O)C2(CCCCC2)NC(=O)C1CC. The van der Waals surface area contributed by atoms with Gasteiger partial charge in [0.25, 0.3) is 0 Å². The van der Waals surface area contributed by atoms with Crippen LogP contribution in [0.25, 0.3) is 0 Å². The standard InChI is InChI=1S/C16H24N2O2S/c1-3-11-21-12-10-18-13(4-2)14(19)17-16(15(18)20)8-6-5-7-9-16/h1,13H,4-12H2,2H3,(H,17,19). The number of piperazine rings is 1. The number of carbonyl (C=O) groups excluding carboxylic acids is 2. The van der Waals surface area contributed by atoms with E-state index < -0.39 is 5.54 Å². The van der Waals surface area contributed by atoms with Crippen LogP contribution < -0.4 is 5.32 Å². The molecule has 0 aromatic heterocycles. The van der Waals surface area contributed by atoms with Crippen molar-refractivity contribution in [1.82, 2.24) is 10.2 Å². The topological polar surface area (TPSA) is 49.4 Å². The van der Waals surface area contributed by atoms with Crippen LogP contribution in [0.5, 0.6) is 0 Å². The monoisotopic (exact) mass is 308 g/mol. The lowest BCUT2D eigenvalue weighted by molar-refractivity contribution is -0.156. The zero-order valence-electron chi connectivity index (χ0n) is 12.7. The summed E-state index contributed by atoms with van der Waals surface area (Å²) in [6.07, 6.45) is 10.7. The molecule has 2 amide bonds. The minimum atomic E-state index is -0.627. The Kier molecular flexibility index (Phi) is 5.58. The van der Waals surface area contributed by atoms with Crippen LogP contribution in [0.1, 0.15) is 45.4 Å². The predicted octanol–water partition coefficient (Wildman–Crippen LogP) is 1.79. The Labute approximate surface area is 131 Å². The molecule has 116 valence electrons. The zero-order chi connectivity index (χ0) is 15.3. The third kappa shape index (κ3) is 3.37. The smallest absolute Gasteiger partial charge is 0.249 e. The van der Waals surface area contributed by atoms with Crippen LogP contribution in [0.15, 0.2) is 0 Å². The lowest BCUT2D eigenvalue weighted by Gasteiger charge is -2.47. The normalized spacial score (nSPS) is 24.8. The summed E-state index contributed by atoms with van der Waals surface area (Å²) in [7, 11) is 0. The maximum absolute atomic E-state index is 12.9. The van der Waals surface area contributed by atoms with Crippen LogP contribution in [-0.2, 0) is 9.59 Å². The van der Waals surface area contributed by atoms with Crippen molar-refractivity contribution in [1.29, 1.82) is 0 Å². The minimum Gasteiger partial charge on any atom is -0.340 e. The van der Waals surface area contributed by atoms with Crippen molar-refractivity contribution in [3.8, 4) is 12.3 Å². The van der Waals surface area contributed by atoms with Crippen LogP contribution in [-0.4, -0.2) is 46.3 Å². The number of thioether (sulfide) groups is 1. The van der Waals surface area contributed by atoms with Crippen LogP contribution in [0.2, 0.25) is 0 Å². The molecule has 1 aliphatic carbocycles. The summed E-state index contributed by atoms with van der Waals surface area (Å²) in [6.45, 7) is 2.57. The summed E-state index contributed by atoms with van der Waals surface area (Å²) < 4.78 is 0. The highest BCUT2D eigenvalue weighted by molar-refractivity contribution is 7.99. The highest BCUT2D eigenvalue weighted by atomic mass is 32.2. The summed E-state index contributed by atoms with van der Waals surface area (Å²) in [5.74, 6) is 4.16. The number of rotatable bonds is 5. The van der Waals surface area contributed by atoms with Crippen molar-refractivity contribution >= 4 is 23.6 Å². The van der Waals surface area contributed by atoms with Gasteiger partial charge in [-0.2, -0.15) is 0 Å². The number of nitrogens with zero attached hydrogens (tertiary/aromatic N) is 1. The van der Waals surface area contributed by atoms with E-state index >= 15 is 0 Å². The predicted molar refractivity (Wildman–Crippen MR) is 85.9 cm³/mol. The van der Waals surface area contributed by atoms with Crippen LogP contribution >= 0.6 is 11.8 Å². The fourth-order valence-electron chi connectivity index (χ4n) is 3.38. The molecule has 1 saturated carbocycles. The molecule has 1 aliphatic heterocycles. The molecule has 0 aromatic rings. The van der Waals surface area contributed by atoms with Crippen molar-refractivity contribution in [2.75, 3.05) is 18.1 Å². The highest BCUT2D eigenvalue weighted by Gasteiger charge is 2.50. The highest BCUT2D eigenvalue weighted by Crippen LogP contribution is 2.33. The molecule has 0 aromatic carbocycles. The first-order valence-electron chi connectivity index (χ1n) is 7.79. The number of amides is 2. The fourth-order valence-corrected chi connectivity index (χ4v) is 3.97. The first kappa shape index (κ1) is 16.2. The van der Waals surface area contributed by atoms with E-state index in [4.69, 9.17) is 6.42 Å². The van der Waals surface area contributed by atoms with Gasteiger partial charge in [-0.25, -0.2) is 0 Å². The molecule has 1 N–H and O–H groups in total. The molecule has 0 radical (unpaired) electrons.